The van der Waals surface area contributed by atoms with E-state index in [1.54, 1.807) is 6.07 Å². The molecule has 2 nitrogen and oxygen atoms in total. The molecule has 0 aliphatic carbocycles. The molecule has 0 atom stereocenters. The molecule has 14 heavy (non-hydrogen) atoms. The van der Waals surface area contributed by atoms with E-state index in [9.17, 15) is 4.39 Å². The Morgan fingerprint density at radius 1 is 1.43 bits per heavy atom. The van der Waals surface area contributed by atoms with Gasteiger partial charge in [0.05, 0.1) is 13.2 Å². The molecule has 1 rings (SSSR count). The molecule has 3 heteroatoms. The van der Waals surface area contributed by atoms with Gasteiger partial charge in [-0.2, -0.15) is 0 Å². The van der Waals surface area contributed by atoms with E-state index in [2.05, 4.69) is 5.32 Å². The number of hydrogen-bond donors (Lipinski definition) is 1. The van der Waals surface area contributed by atoms with E-state index < -0.39 is 0 Å². The lowest BCUT2D eigenvalue weighted by Gasteiger charge is -2.04. The van der Waals surface area contributed by atoms with Gasteiger partial charge in [0.25, 0.3) is 0 Å². The third-order valence-electron chi connectivity index (χ3n) is 1.83. The van der Waals surface area contributed by atoms with E-state index >= 15 is 0 Å². The van der Waals surface area contributed by atoms with Crippen LogP contribution in [0.3, 0.4) is 0 Å². The molecule has 0 amide bonds. The molecule has 1 aromatic carbocycles. The molecule has 1 aromatic rings. The summed E-state index contributed by atoms with van der Waals surface area (Å²) in [4.78, 5) is 0. The number of likely N-dealkylation sites (N-methyl/N-ethyl adjacent to an activating group) is 1. The number of halogens is 1. The van der Waals surface area contributed by atoms with Gasteiger partial charge >= 0.3 is 0 Å². The molecule has 0 bridgehead atoms. The highest BCUT2D eigenvalue weighted by atomic mass is 19.1. The van der Waals surface area contributed by atoms with E-state index in [1.807, 2.05) is 13.0 Å². The predicted molar refractivity (Wildman–Crippen MR) is 54.6 cm³/mol. The highest BCUT2D eigenvalue weighted by molar-refractivity contribution is 5.15. The zero-order valence-electron chi connectivity index (χ0n) is 8.42. The van der Waals surface area contributed by atoms with Gasteiger partial charge in [-0.15, -0.1) is 0 Å². The molecule has 0 spiro atoms. The molecule has 0 heterocycles. The molecule has 0 aliphatic rings. The summed E-state index contributed by atoms with van der Waals surface area (Å²) in [5.74, 6) is -0.210. The van der Waals surface area contributed by atoms with Gasteiger partial charge in [-0.3, -0.25) is 0 Å². The smallest absolute Gasteiger partial charge is 0.123 e. The summed E-state index contributed by atoms with van der Waals surface area (Å²) in [5.41, 5.74) is 0.876. The number of ether oxygens (including phenoxy) is 1. The van der Waals surface area contributed by atoms with Crippen molar-refractivity contribution in [1.82, 2.24) is 5.32 Å². The van der Waals surface area contributed by atoms with Crippen molar-refractivity contribution >= 4 is 0 Å². The molecule has 0 aromatic heterocycles. The van der Waals surface area contributed by atoms with Crippen LogP contribution in [0.5, 0.6) is 0 Å². The van der Waals surface area contributed by atoms with Crippen LogP contribution in [0, 0.1) is 5.82 Å². The Bertz CT molecular complexity index is 265. The Morgan fingerprint density at radius 3 is 3.00 bits per heavy atom. The summed E-state index contributed by atoms with van der Waals surface area (Å²) in [6.07, 6.45) is 0. The maximum absolute atomic E-state index is 12.7. The third-order valence-corrected chi connectivity index (χ3v) is 1.83. The van der Waals surface area contributed by atoms with Crippen molar-refractivity contribution in [3.05, 3.63) is 35.6 Å². The summed E-state index contributed by atoms with van der Waals surface area (Å²) in [6.45, 7) is 4.97. The number of hydrogen-bond acceptors (Lipinski definition) is 2. The van der Waals surface area contributed by atoms with Gasteiger partial charge in [-0.05, 0) is 24.2 Å². The zero-order chi connectivity index (χ0) is 10.2. The summed E-state index contributed by atoms with van der Waals surface area (Å²) in [7, 11) is 0. The Kier molecular flexibility index (Phi) is 5.19. The van der Waals surface area contributed by atoms with Crippen molar-refractivity contribution in [3.8, 4) is 0 Å². The second-order valence-electron chi connectivity index (χ2n) is 3.04. The molecule has 0 saturated heterocycles. The summed E-state index contributed by atoms with van der Waals surface area (Å²) in [6, 6.07) is 6.48. The van der Waals surface area contributed by atoms with Crippen LogP contribution in [0.1, 0.15) is 12.5 Å². The number of nitrogens with one attached hydrogen (secondary N) is 1. The molecular formula is C11H16FNO. The molecule has 0 radical (unpaired) electrons. The summed E-state index contributed by atoms with van der Waals surface area (Å²) in [5, 5.41) is 3.15. The van der Waals surface area contributed by atoms with Crippen LogP contribution in [0.4, 0.5) is 4.39 Å². The van der Waals surface area contributed by atoms with Crippen molar-refractivity contribution in [2.24, 2.45) is 0 Å². The first-order valence-corrected chi connectivity index (χ1v) is 4.86. The van der Waals surface area contributed by atoms with Gasteiger partial charge in [-0.1, -0.05) is 19.1 Å². The summed E-state index contributed by atoms with van der Waals surface area (Å²) < 4.78 is 18.1. The molecule has 0 fully saturated rings. The Hall–Kier alpha value is -0.930. The molecule has 1 N–H and O–H groups in total. The number of benzene rings is 1. The fourth-order valence-electron chi connectivity index (χ4n) is 1.14. The minimum Gasteiger partial charge on any atom is -0.375 e. The fraction of sp³-hybridized carbons (Fsp3) is 0.455. The van der Waals surface area contributed by atoms with Crippen molar-refractivity contribution in [3.63, 3.8) is 0 Å². The van der Waals surface area contributed by atoms with E-state index in [0.717, 1.165) is 18.7 Å². The van der Waals surface area contributed by atoms with Gasteiger partial charge in [0.15, 0.2) is 0 Å². The lowest BCUT2D eigenvalue weighted by atomic mass is 10.2. The molecular weight excluding hydrogens is 181 g/mol. The fourth-order valence-corrected chi connectivity index (χ4v) is 1.14. The van der Waals surface area contributed by atoms with E-state index in [0.29, 0.717) is 13.2 Å². The van der Waals surface area contributed by atoms with Crippen LogP contribution in [-0.2, 0) is 11.3 Å². The second kappa shape index (κ2) is 6.51. The van der Waals surface area contributed by atoms with Gasteiger partial charge in [0.1, 0.15) is 5.82 Å². The number of rotatable bonds is 6. The lowest BCUT2D eigenvalue weighted by molar-refractivity contribution is 0.123. The van der Waals surface area contributed by atoms with Crippen molar-refractivity contribution in [2.75, 3.05) is 19.7 Å². The van der Waals surface area contributed by atoms with Crippen molar-refractivity contribution < 1.29 is 9.13 Å². The zero-order valence-corrected chi connectivity index (χ0v) is 8.42. The van der Waals surface area contributed by atoms with Gasteiger partial charge in [0.2, 0.25) is 0 Å². The predicted octanol–water partition coefficient (Wildman–Crippen LogP) is 1.95. The van der Waals surface area contributed by atoms with Gasteiger partial charge in [-0.25, -0.2) is 4.39 Å². The highest BCUT2D eigenvalue weighted by Crippen LogP contribution is 2.04. The maximum Gasteiger partial charge on any atom is 0.123 e. The highest BCUT2D eigenvalue weighted by Gasteiger charge is 1.94. The monoisotopic (exact) mass is 197 g/mol. The second-order valence-corrected chi connectivity index (χ2v) is 3.04. The minimum atomic E-state index is -0.210. The van der Waals surface area contributed by atoms with Crippen LogP contribution in [0.25, 0.3) is 0 Å². The van der Waals surface area contributed by atoms with Crippen molar-refractivity contribution in [2.45, 2.75) is 13.5 Å². The van der Waals surface area contributed by atoms with Crippen LogP contribution in [0.2, 0.25) is 0 Å². The Morgan fingerprint density at radius 2 is 2.29 bits per heavy atom. The molecule has 0 aliphatic heterocycles. The first-order valence-electron chi connectivity index (χ1n) is 4.86. The Balaban J connectivity index is 2.18. The van der Waals surface area contributed by atoms with E-state index in [1.165, 1.54) is 12.1 Å². The normalized spacial score (nSPS) is 10.4. The topological polar surface area (TPSA) is 21.3 Å². The van der Waals surface area contributed by atoms with Crippen molar-refractivity contribution in [1.29, 1.82) is 0 Å². The van der Waals surface area contributed by atoms with E-state index in [-0.39, 0.29) is 5.82 Å². The van der Waals surface area contributed by atoms with E-state index in [4.69, 9.17) is 4.74 Å². The lowest BCUT2D eigenvalue weighted by Crippen LogP contribution is -2.18. The standard InChI is InChI=1S/C11H16FNO/c1-2-13-6-7-14-9-10-4-3-5-11(12)8-10/h3-5,8,13H,2,6-7,9H2,1H3. The van der Waals surface area contributed by atoms with Crippen LogP contribution < -0.4 is 5.32 Å². The molecule has 0 saturated carbocycles. The Labute approximate surface area is 84.1 Å². The average molecular weight is 197 g/mol. The van der Waals surface area contributed by atoms with Crippen LogP contribution >= 0.6 is 0 Å². The average Bonchev–Trinajstić information content (AvgIpc) is 2.18. The first kappa shape index (κ1) is 11.1. The quantitative estimate of drug-likeness (QED) is 0.704. The minimum absolute atomic E-state index is 0.210. The summed E-state index contributed by atoms with van der Waals surface area (Å²) >= 11 is 0. The molecule has 0 unspecified atom stereocenters. The van der Waals surface area contributed by atoms with Gasteiger partial charge in [0, 0.05) is 6.54 Å². The third kappa shape index (κ3) is 4.35. The largest absolute Gasteiger partial charge is 0.375 e. The van der Waals surface area contributed by atoms with Crippen LogP contribution in [0.15, 0.2) is 24.3 Å². The SMILES string of the molecule is CCNCCOCc1cccc(F)c1. The maximum atomic E-state index is 12.7. The first-order chi connectivity index (χ1) is 6.83. The molecule has 78 valence electrons. The van der Waals surface area contributed by atoms with Crippen LogP contribution in [-0.4, -0.2) is 19.7 Å². The van der Waals surface area contributed by atoms with Gasteiger partial charge < -0.3 is 10.1 Å².